The lowest BCUT2D eigenvalue weighted by Crippen LogP contribution is -2.18. The summed E-state index contributed by atoms with van der Waals surface area (Å²) < 4.78 is 1.55. The summed E-state index contributed by atoms with van der Waals surface area (Å²) >= 11 is 7.51. The second-order valence-electron chi connectivity index (χ2n) is 5.80. The quantitative estimate of drug-likeness (QED) is 0.670. The van der Waals surface area contributed by atoms with E-state index in [1.54, 1.807) is 16.8 Å². The predicted molar refractivity (Wildman–Crippen MR) is 104 cm³/mol. The van der Waals surface area contributed by atoms with Crippen LogP contribution in [0.15, 0.2) is 41.3 Å². The standard InChI is InChI=1S/C18H18ClN5OS/c1-11-8-12(2)21-18(20-11)24-16(9-13(3)23-24)22-17(25)10-26-15-7-5-4-6-14(15)19/h4-9H,10H2,1-3H3,(H,22,25). The summed E-state index contributed by atoms with van der Waals surface area (Å²) in [6.45, 7) is 5.65. The first-order valence-corrected chi connectivity index (χ1v) is 9.35. The van der Waals surface area contributed by atoms with Crippen molar-refractivity contribution in [1.82, 2.24) is 19.7 Å². The molecule has 0 radical (unpaired) electrons. The van der Waals surface area contributed by atoms with Crippen LogP contribution in [0.4, 0.5) is 5.82 Å². The number of benzene rings is 1. The van der Waals surface area contributed by atoms with Gasteiger partial charge in [-0.2, -0.15) is 9.78 Å². The minimum absolute atomic E-state index is 0.152. The highest BCUT2D eigenvalue weighted by molar-refractivity contribution is 8.00. The third kappa shape index (κ3) is 4.42. The van der Waals surface area contributed by atoms with Gasteiger partial charge in [0.2, 0.25) is 5.91 Å². The maximum Gasteiger partial charge on any atom is 0.252 e. The van der Waals surface area contributed by atoms with Crippen LogP contribution >= 0.6 is 23.4 Å². The Morgan fingerprint density at radius 1 is 1.12 bits per heavy atom. The average Bonchev–Trinajstić information content (AvgIpc) is 2.93. The van der Waals surface area contributed by atoms with E-state index in [1.807, 2.05) is 45.0 Å². The zero-order valence-corrected chi connectivity index (χ0v) is 16.2. The molecule has 1 aromatic carbocycles. The van der Waals surface area contributed by atoms with Gasteiger partial charge < -0.3 is 5.32 Å². The van der Waals surface area contributed by atoms with Crippen molar-refractivity contribution in [3.05, 3.63) is 58.5 Å². The number of nitrogens with zero attached hydrogens (tertiary/aromatic N) is 4. The van der Waals surface area contributed by atoms with E-state index in [9.17, 15) is 4.79 Å². The zero-order valence-electron chi connectivity index (χ0n) is 14.7. The highest BCUT2D eigenvalue weighted by Gasteiger charge is 2.14. The van der Waals surface area contributed by atoms with Crippen molar-refractivity contribution in [1.29, 1.82) is 0 Å². The fourth-order valence-electron chi connectivity index (χ4n) is 2.43. The van der Waals surface area contributed by atoms with Crippen LogP contribution in [0.5, 0.6) is 0 Å². The van der Waals surface area contributed by atoms with Gasteiger partial charge in [-0.3, -0.25) is 4.79 Å². The average molecular weight is 388 g/mol. The summed E-state index contributed by atoms with van der Waals surface area (Å²) in [5, 5.41) is 7.91. The number of aromatic nitrogens is 4. The molecule has 0 spiro atoms. The zero-order chi connectivity index (χ0) is 18.7. The fraction of sp³-hybridized carbons (Fsp3) is 0.222. The largest absolute Gasteiger partial charge is 0.310 e. The molecule has 0 atom stereocenters. The van der Waals surface area contributed by atoms with Crippen molar-refractivity contribution in [3.8, 4) is 5.95 Å². The van der Waals surface area contributed by atoms with Gasteiger partial charge in [-0.25, -0.2) is 9.97 Å². The van der Waals surface area contributed by atoms with Gasteiger partial charge in [0.1, 0.15) is 5.82 Å². The Labute approximate surface area is 161 Å². The fourth-order valence-corrected chi connectivity index (χ4v) is 3.47. The molecule has 0 aliphatic rings. The van der Waals surface area contributed by atoms with E-state index in [0.29, 0.717) is 16.8 Å². The van der Waals surface area contributed by atoms with Crippen molar-refractivity contribution < 1.29 is 4.79 Å². The Balaban J connectivity index is 1.76. The summed E-state index contributed by atoms with van der Waals surface area (Å²) in [4.78, 5) is 22.0. The third-order valence-corrected chi connectivity index (χ3v) is 4.97. The second kappa shape index (κ2) is 7.88. The molecule has 0 saturated heterocycles. The highest BCUT2D eigenvalue weighted by atomic mass is 35.5. The molecule has 6 nitrogen and oxygen atoms in total. The molecule has 2 aromatic heterocycles. The van der Waals surface area contributed by atoms with Crippen LogP contribution in [0.3, 0.4) is 0 Å². The molecule has 1 N–H and O–H groups in total. The van der Waals surface area contributed by atoms with Crippen LogP contribution in [0.25, 0.3) is 5.95 Å². The van der Waals surface area contributed by atoms with Crippen molar-refractivity contribution in [3.63, 3.8) is 0 Å². The number of thioether (sulfide) groups is 1. The monoisotopic (exact) mass is 387 g/mol. The first-order valence-electron chi connectivity index (χ1n) is 7.99. The van der Waals surface area contributed by atoms with Gasteiger partial charge in [0.25, 0.3) is 5.95 Å². The van der Waals surface area contributed by atoms with Gasteiger partial charge in [0.15, 0.2) is 0 Å². The molecular weight excluding hydrogens is 370 g/mol. The van der Waals surface area contributed by atoms with E-state index in [0.717, 1.165) is 22.0 Å². The number of carbonyl (C=O) groups excluding carboxylic acids is 1. The molecule has 0 saturated carbocycles. The van der Waals surface area contributed by atoms with Crippen molar-refractivity contribution >= 4 is 35.1 Å². The topological polar surface area (TPSA) is 72.7 Å². The van der Waals surface area contributed by atoms with E-state index in [2.05, 4.69) is 20.4 Å². The lowest BCUT2D eigenvalue weighted by Gasteiger charge is -2.09. The molecule has 1 amide bonds. The van der Waals surface area contributed by atoms with Crippen LogP contribution in [0.2, 0.25) is 5.02 Å². The second-order valence-corrected chi connectivity index (χ2v) is 7.23. The Hall–Kier alpha value is -2.38. The van der Waals surface area contributed by atoms with Gasteiger partial charge in [-0.1, -0.05) is 23.7 Å². The first-order chi connectivity index (χ1) is 12.4. The molecule has 0 aliphatic heterocycles. The minimum atomic E-state index is -0.152. The molecular formula is C18H18ClN5OS. The number of rotatable bonds is 5. The van der Waals surface area contributed by atoms with Crippen molar-refractivity contribution in [2.75, 3.05) is 11.1 Å². The summed E-state index contributed by atoms with van der Waals surface area (Å²) in [6.07, 6.45) is 0. The van der Waals surface area contributed by atoms with E-state index < -0.39 is 0 Å². The van der Waals surface area contributed by atoms with Crippen molar-refractivity contribution in [2.45, 2.75) is 25.7 Å². The van der Waals surface area contributed by atoms with Gasteiger partial charge in [0.05, 0.1) is 16.5 Å². The van der Waals surface area contributed by atoms with E-state index in [1.165, 1.54) is 11.8 Å². The Morgan fingerprint density at radius 3 is 2.50 bits per heavy atom. The maximum atomic E-state index is 12.4. The van der Waals surface area contributed by atoms with Crippen LogP contribution in [-0.2, 0) is 4.79 Å². The molecule has 3 aromatic rings. The van der Waals surface area contributed by atoms with Gasteiger partial charge in [0, 0.05) is 22.3 Å². The predicted octanol–water partition coefficient (Wildman–Crippen LogP) is 3.97. The number of hydrogen-bond donors (Lipinski definition) is 1. The molecule has 0 aliphatic carbocycles. The third-order valence-electron chi connectivity index (χ3n) is 3.45. The van der Waals surface area contributed by atoms with E-state index >= 15 is 0 Å². The van der Waals surface area contributed by atoms with Gasteiger partial charge in [-0.15, -0.1) is 11.8 Å². The number of carbonyl (C=O) groups is 1. The number of anilines is 1. The molecule has 2 heterocycles. The Kier molecular flexibility index (Phi) is 5.58. The molecule has 0 fully saturated rings. The van der Waals surface area contributed by atoms with Crippen LogP contribution in [-0.4, -0.2) is 31.4 Å². The van der Waals surface area contributed by atoms with E-state index in [-0.39, 0.29) is 11.7 Å². The molecule has 0 bridgehead atoms. The van der Waals surface area contributed by atoms with Gasteiger partial charge in [-0.05, 0) is 39.0 Å². The normalized spacial score (nSPS) is 10.8. The smallest absolute Gasteiger partial charge is 0.252 e. The summed E-state index contributed by atoms with van der Waals surface area (Å²) in [7, 11) is 0. The molecule has 26 heavy (non-hydrogen) atoms. The minimum Gasteiger partial charge on any atom is -0.310 e. The number of hydrogen-bond acceptors (Lipinski definition) is 5. The number of aryl methyl sites for hydroxylation is 3. The van der Waals surface area contributed by atoms with Crippen molar-refractivity contribution in [2.24, 2.45) is 0 Å². The SMILES string of the molecule is Cc1cc(C)nc(-n2nc(C)cc2NC(=O)CSc2ccccc2Cl)n1. The lowest BCUT2D eigenvalue weighted by atomic mass is 10.4. The maximum absolute atomic E-state index is 12.4. The van der Waals surface area contributed by atoms with Gasteiger partial charge >= 0.3 is 0 Å². The van der Waals surface area contributed by atoms with Crippen LogP contribution in [0.1, 0.15) is 17.1 Å². The highest BCUT2D eigenvalue weighted by Crippen LogP contribution is 2.26. The summed E-state index contributed by atoms with van der Waals surface area (Å²) in [5.74, 6) is 1.06. The number of nitrogens with one attached hydrogen (secondary N) is 1. The Morgan fingerprint density at radius 2 is 1.81 bits per heavy atom. The van der Waals surface area contributed by atoms with Crippen LogP contribution in [0, 0.1) is 20.8 Å². The molecule has 3 rings (SSSR count). The lowest BCUT2D eigenvalue weighted by molar-refractivity contribution is -0.113. The number of halogens is 1. The first kappa shape index (κ1) is 18.4. The van der Waals surface area contributed by atoms with Crippen LogP contribution < -0.4 is 5.32 Å². The Bertz CT molecular complexity index is 936. The molecule has 134 valence electrons. The van der Waals surface area contributed by atoms with E-state index in [4.69, 9.17) is 11.6 Å². The molecule has 0 unspecified atom stereocenters. The number of amides is 1. The summed E-state index contributed by atoms with van der Waals surface area (Å²) in [6, 6.07) is 11.1. The summed E-state index contributed by atoms with van der Waals surface area (Å²) in [5.41, 5.74) is 2.45. The molecule has 8 heteroatoms.